The van der Waals surface area contributed by atoms with Crippen LogP contribution in [0.25, 0.3) is 0 Å². The van der Waals surface area contributed by atoms with Crippen molar-refractivity contribution in [1.29, 1.82) is 0 Å². The maximum atomic E-state index is 11.8. The van der Waals surface area contributed by atoms with Crippen LogP contribution in [-0.2, 0) is 14.3 Å². The van der Waals surface area contributed by atoms with Gasteiger partial charge in [0.25, 0.3) is 0 Å². The Labute approximate surface area is 108 Å². The van der Waals surface area contributed by atoms with Crippen LogP contribution in [0.5, 0.6) is 0 Å². The first kappa shape index (κ1) is 14.7. The van der Waals surface area contributed by atoms with Gasteiger partial charge in [0.1, 0.15) is 0 Å². The molecular formula is C11H21ClN2O3. The highest BCUT2D eigenvalue weighted by Crippen LogP contribution is 2.07. The van der Waals surface area contributed by atoms with Gasteiger partial charge >= 0.3 is 0 Å². The van der Waals surface area contributed by atoms with Gasteiger partial charge in [0.05, 0.1) is 32.0 Å². The molecule has 0 radical (unpaired) electrons. The minimum atomic E-state index is -0.0155. The number of carbonyl (C=O) groups excluding carboxylic acids is 1. The summed E-state index contributed by atoms with van der Waals surface area (Å²) in [5.74, 6) is 0.0915. The fourth-order valence-corrected chi connectivity index (χ4v) is 2.07. The van der Waals surface area contributed by atoms with Gasteiger partial charge in [-0.2, -0.15) is 0 Å². The average molecular weight is 265 g/mol. The second-order valence-electron chi connectivity index (χ2n) is 4.32. The van der Waals surface area contributed by atoms with Crippen molar-refractivity contribution in [2.45, 2.75) is 31.4 Å². The van der Waals surface area contributed by atoms with Crippen molar-refractivity contribution >= 4 is 18.3 Å². The largest absolute Gasteiger partial charge is 0.376 e. The van der Waals surface area contributed by atoms with Gasteiger partial charge in [0.15, 0.2) is 0 Å². The van der Waals surface area contributed by atoms with Crippen LogP contribution in [-0.4, -0.2) is 51.0 Å². The Morgan fingerprint density at radius 3 is 2.88 bits per heavy atom. The fraction of sp³-hybridized carbons (Fsp3) is 0.909. The molecule has 2 N–H and O–H groups in total. The summed E-state index contributed by atoms with van der Waals surface area (Å²) in [6.07, 6.45) is 3.26. The van der Waals surface area contributed by atoms with E-state index in [4.69, 9.17) is 9.47 Å². The molecule has 0 spiro atoms. The highest BCUT2D eigenvalue weighted by Gasteiger charge is 2.22. The Hall–Kier alpha value is -0.360. The van der Waals surface area contributed by atoms with Gasteiger partial charge in [-0.25, -0.2) is 0 Å². The molecule has 2 aliphatic rings. The molecule has 2 aliphatic heterocycles. The van der Waals surface area contributed by atoms with Gasteiger partial charge in [-0.05, 0) is 19.4 Å². The van der Waals surface area contributed by atoms with Crippen LogP contribution in [0.15, 0.2) is 0 Å². The summed E-state index contributed by atoms with van der Waals surface area (Å²) >= 11 is 0. The third-order valence-electron chi connectivity index (χ3n) is 3.02. The zero-order valence-corrected chi connectivity index (χ0v) is 10.8. The molecule has 0 aliphatic carbocycles. The molecule has 0 saturated carbocycles. The molecule has 0 aromatic heterocycles. The first-order chi connectivity index (χ1) is 7.86. The zero-order valence-electron chi connectivity index (χ0n) is 9.94. The van der Waals surface area contributed by atoms with Gasteiger partial charge in [0.2, 0.25) is 5.91 Å². The van der Waals surface area contributed by atoms with Crippen LogP contribution in [0.3, 0.4) is 0 Å². The maximum absolute atomic E-state index is 11.8. The second kappa shape index (κ2) is 7.87. The molecule has 2 saturated heterocycles. The smallest absolute Gasteiger partial charge is 0.237 e. The lowest BCUT2D eigenvalue weighted by molar-refractivity contribution is -0.126. The molecule has 1 amide bonds. The molecular weight excluding hydrogens is 244 g/mol. The van der Waals surface area contributed by atoms with Crippen molar-refractivity contribution in [2.24, 2.45) is 0 Å². The second-order valence-corrected chi connectivity index (χ2v) is 4.32. The van der Waals surface area contributed by atoms with E-state index in [2.05, 4.69) is 10.6 Å². The van der Waals surface area contributed by atoms with E-state index < -0.39 is 0 Å². The Bertz CT molecular complexity index is 229. The number of piperidine rings is 1. The SMILES string of the molecule is Cl.O=C(NCC1COCCO1)[C@H]1CCCCN1. The molecule has 17 heavy (non-hydrogen) atoms. The summed E-state index contributed by atoms with van der Waals surface area (Å²) in [6.45, 7) is 3.37. The van der Waals surface area contributed by atoms with Crippen LogP contribution in [0.4, 0.5) is 0 Å². The lowest BCUT2D eigenvalue weighted by Crippen LogP contribution is -2.49. The van der Waals surface area contributed by atoms with E-state index in [1.165, 1.54) is 6.42 Å². The predicted molar refractivity (Wildman–Crippen MR) is 66.5 cm³/mol. The van der Waals surface area contributed by atoms with E-state index >= 15 is 0 Å². The minimum Gasteiger partial charge on any atom is -0.376 e. The van der Waals surface area contributed by atoms with E-state index in [-0.39, 0.29) is 30.5 Å². The minimum absolute atomic E-state index is 0. The maximum Gasteiger partial charge on any atom is 0.237 e. The first-order valence-electron chi connectivity index (χ1n) is 6.07. The van der Waals surface area contributed by atoms with E-state index in [9.17, 15) is 4.79 Å². The van der Waals surface area contributed by atoms with Crippen LogP contribution < -0.4 is 10.6 Å². The van der Waals surface area contributed by atoms with Crippen LogP contribution in [0.1, 0.15) is 19.3 Å². The topological polar surface area (TPSA) is 59.6 Å². The molecule has 0 aromatic rings. The summed E-state index contributed by atoms with van der Waals surface area (Å²) < 4.78 is 10.7. The quantitative estimate of drug-likeness (QED) is 0.758. The Kier molecular flexibility index (Phi) is 6.80. The fourth-order valence-electron chi connectivity index (χ4n) is 2.07. The highest BCUT2D eigenvalue weighted by atomic mass is 35.5. The van der Waals surface area contributed by atoms with Crippen molar-refractivity contribution in [3.05, 3.63) is 0 Å². The van der Waals surface area contributed by atoms with E-state index in [1.807, 2.05) is 0 Å². The first-order valence-corrected chi connectivity index (χ1v) is 6.07. The number of hydrogen-bond acceptors (Lipinski definition) is 4. The van der Waals surface area contributed by atoms with Crippen LogP contribution in [0.2, 0.25) is 0 Å². The van der Waals surface area contributed by atoms with E-state index in [1.54, 1.807) is 0 Å². The number of amides is 1. The molecule has 100 valence electrons. The Balaban J connectivity index is 0.00000144. The predicted octanol–water partition coefficient (Wildman–Crippen LogP) is 0.0819. The summed E-state index contributed by atoms with van der Waals surface area (Å²) in [5, 5.41) is 6.14. The zero-order chi connectivity index (χ0) is 11.2. The highest BCUT2D eigenvalue weighted by molar-refractivity contribution is 5.85. The third-order valence-corrected chi connectivity index (χ3v) is 3.02. The molecule has 1 unspecified atom stereocenters. The monoisotopic (exact) mass is 264 g/mol. The molecule has 2 heterocycles. The molecule has 2 rings (SSSR count). The van der Waals surface area contributed by atoms with Crippen molar-refractivity contribution in [1.82, 2.24) is 10.6 Å². The number of rotatable bonds is 3. The van der Waals surface area contributed by atoms with Gasteiger partial charge in [-0.1, -0.05) is 6.42 Å². The van der Waals surface area contributed by atoms with Gasteiger partial charge < -0.3 is 20.1 Å². The third kappa shape index (κ3) is 4.79. The number of ether oxygens (including phenoxy) is 2. The number of hydrogen-bond donors (Lipinski definition) is 2. The molecule has 6 heteroatoms. The summed E-state index contributed by atoms with van der Waals surface area (Å²) in [5.41, 5.74) is 0. The van der Waals surface area contributed by atoms with E-state index in [0.29, 0.717) is 26.4 Å². The number of carbonyl (C=O) groups is 1. The number of halogens is 1. The summed E-state index contributed by atoms with van der Waals surface area (Å²) in [7, 11) is 0. The Morgan fingerprint density at radius 2 is 2.24 bits per heavy atom. The van der Waals surface area contributed by atoms with Gasteiger partial charge in [0, 0.05) is 6.54 Å². The molecule has 2 fully saturated rings. The van der Waals surface area contributed by atoms with Crippen molar-refractivity contribution < 1.29 is 14.3 Å². The van der Waals surface area contributed by atoms with Crippen molar-refractivity contribution in [2.75, 3.05) is 32.9 Å². The van der Waals surface area contributed by atoms with Gasteiger partial charge in [-0.3, -0.25) is 4.79 Å². The molecule has 2 atom stereocenters. The molecule has 0 bridgehead atoms. The summed E-state index contributed by atoms with van der Waals surface area (Å²) in [4.78, 5) is 11.8. The lowest BCUT2D eigenvalue weighted by Gasteiger charge is -2.26. The van der Waals surface area contributed by atoms with Crippen LogP contribution >= 0.6 is 12.4 Å². The average Bonchev–Trinajstić information content (AvgIpc) is 2.38. The summed E-state index contributed by atoms with van der Waals surface area (Å²) in [6, 6.07) is -0.0155. The Morgan fingerprint density at radius 1 is 1.35 bits per heavy atom. The van der Waals surface area contributed by atoms with Crippen LogP contribution in [0, 0.1) is 0 Å². The normalized spacial score (nSPS) is 29.2. The lowest BCUT2D eigenvalue weighted by atomic mass is 10.0. The molecule has 0 aromatic carbocycles. The van der Waals surface area contributed by atoms with Crippen molar-refractivity contribution in [3.8, 4) is 0 Å². The van der Waals surface area contributed by atoms with Crippen molar-refractivity contribution in [3.63, 3.8) is 0 Å². The number of nitrogens with one attached hydrogen (secondary N) is 2. The van der Waals surface area contributed by atoms with Gasteiger partial charge in [-0.15, -0.1) is 12.4 Å². The standard InChI is InChI=1S/C11H20N2O3.ClH/c14-11(10-3-1-2-4-12-10)13-7-9-8-15-5-6-16-9;/h9-10,12H,1-8H2,(H,13,14);1H/t9?,10-;/m1./s1. The molecule has 5 nitrogen and oxygen atoms in total. The van der Waals surface area contributed by atoms with E-state index in [0.717, 1.165) is 19.4 Å².